The van der Waals surface area contributed by atoms with Crippen molar-refractivity contribution < 1.29 is 15.0 Å². The first kappa shape index (κ1) is 13.7. The van der Waals surface area contributed by atoms with E-state index in [2.05, 4.69) is 15.5 Å². The Balaban J connectivity index is 1.92. The predicted octanol–water partition coefficient (Wildman–Crippen LogP) is 1.67. The van der Waals surface area contributed by atoms with Crippen molar-refractivity contribution in [2.24, 2.45) is 0 Å². The minimum Gasteiger partial charge on any atom is -0.476 e. The molecule has 0 radical (unpaired) electrons. The van der Waals surface area contributed by atoms with Gasteiger partial charge in [-0.2, -0.15) is 0 Å². The van der Waals surface area contributed by atoms with Crippen LogP contribution in [0.4, 0.5) is 5.82 Å². The van der Waals surface area contributed by atoms with Crippen molar-refractivity contribution in [3.05, 3.63) is 17.8 Å². The van der Waals surface area contributed by atoms with Crippen LogP contribution in [0, 0.1) is 0 Å². The lowest BCUT2D eigenvalue weighted by Crippen LogP contribution is -2.36. The molecule has 0 atom stereocenters. The van der Waals surface area contributed by atoms with Gasteiger partial charge in [0, 0.05) is 6.54 Å². The Labute approximate surface area is 111 Å². The lowest BCUT2D eigenvalue weighted by Gasteiger charge is -2.26. The van der Waals surface area contributed by atoms with Gasteiger partial charge in [0.05, 0.1) is 5.60 Å². The minimum atomic E-state index is -1.10. The quantitative estimate of drug-likeness (QED) is 0.717. The van der Waals surface area contributed by atoms with Crippen LogP contribution in [0.15, 0.2) is 12.1 Å². The zero-order chi connectivity index (χ0) is 13.7. The average molecular weight is 265 g/mol. The monoisotopic (exact) mass is 265 g/mol. The lowest BCUT2D eigenvalue weighted by atomic mass is 9.94. The number of aliphatic hydroxyl groups is 1. The molecule has 3 N–H and O–H groups in total. The topological polar surface area (TPSA) is 95.3 Å². The van der Waals surface area contributed by atoms with Crippen LogP contribution in [-0.4, -0.2) is 38.5 Å². The maximum atomic E-state index is 10.6. The summed E-state index contributed by atoms with van der Waals surface area (Å²) in [5.41, 5.74) is -0.775. The molecule has 0 aliphatic heterocycles. The van der Waals surface area contributed by atoms with Crippen molar-refractivity contribution in [2.45, 2.75) is 44.1 Å². The fraction of sp³-hybridized carbons (Fsp3) is 0.615. The van der Waals surface area contributed by atoms with E-state index in [1.807, 2.05) is 0 Å². The molecule has 1 fully saturated rings. The molecule has 19 heavy (non-hydrogen) atoms. The molecular weight excluding hydrogens is 246 g/mol. The minimum absolute atomic E-state index is 0.0845. The Morgan fingerprint density at radius 3 is 2.42 bits per heavy atom. The highest BCUT2D eigenvalue weighted by molar-refractivity contribution is 5.85. The second-order valence-corrected chi connectivity index (χ2v) is 5.10. The number of carboxylic acid groups (broad SMARTS) is 1. The number of rotatable bonds is 4. The zero-order valence-corrected chi connectivity index (χ0v) is 10.8. The van der Waals surface area contributed by atoms with E-state index in [4.69, 9.17) is 5.11 Å². The summed E-state index contributed by atoms with van der Waals surface area (Å²) in [5.74, 6) is -0.607. The molecule has 6 nitrogen and oxygen atoms in total. The van der Waals surface area contributed by atoms with Crippen LogP contribution in [0.1, 0.15) is 49.0 Å². The standard InChI is InChI=1S/C13H19N3O3/c17-12(18)10-5-6-11(16-15-10)14-9-13(19)7-3-1-2-4-8-13/h5-6,19H,1-4,7-9H2,(H,14,16)(H,17,18). The third kappa shape index (κ3) is 3.89. The van der Waals surface area contributed by atoms with E-state index in [0.717, 1.165) is 25.7 Å². The van der Waals surface area contributed by atoms with E-state index in [1.165, 1.54) is 18.9 Å². The van der Waals surface area contributed by atoms with Gasteiger partial charge in [0.15, 0.2) is 5.69 Å². The molecule has 0 saturated heterocycles. The molecule has 1 aliphatic carbocycles. The molecule has 1 aromatic rings. The Bertz CT molecular complexity index is 425. The highest BCUT2D eigenvalue weighted by atomic mass is 16.4. The van der Waals surface area contributed by atoms with Crippen molar-refractivity contribution in [3.63, 3.8) is 0 Å². The summed E-state index contributed by atoms with van der Waals surface area (Å²) in [6.45, 7) is 0.425. The largest absolute Gasteiger partial charge is 0.476 e. The summed E-state index contributed by atoms with van der Waals surface area (Å²) in [6.07, 6.45) is 6.02. The Morgan fingerprint density at radius 2 is 1.89 bits per heavy atom. The molecule has 2 rings (SSSR count). The summed E-state index contributed by atoms with van der Waals surface area (Å²) in [5, 5.41) is 29.6. The number of carbonyl (C=O) groups is 1. The highest BCUT2D eigenvalue weighted by Gasteiger charge is 2.27. The van der Waals surface area contributed by atoms with E-state index < -0.39 is 11.6 Å². The van der Waals surface area contributed by atoms with Crippen LogP contribution >= 0.6 is 0 Å². The molecule has 0 aromatic carbocycles. The average Bonchev–Trinajstić information content (AvgIpc) is 2.62. The van der Waals surface area contributed by atoms with Crippen molar-refractivity contribution in [1.82, 2.24) is 10.2 Å². The van der Waals surface area contributed by atoms with E-state index in [0.29, 0.717) is 12.4 Å². The molecule has 0 amide bonds. The third-order valence-corrected chi connectivity index (χ3v) is 3.52. The van der Waals surface area contributed by atoms with Gasteiger partial charge < -0.3 is 15.5 Å². The number of nitrogens with one attached hydrogen (secondary N) is 1. The van der Waals surface area contributed by atoms with Gasteiger partial charge in [0.1, 0.15) is 5.82 Å². The number of aromatic carboxylic acids is 1. The Kier molecular flexibility index (Phi) is 4.31. The second-order valence-electron chi connectivity index (χ2n) is 5.10. The van der Waals surface area contributed by atoms with Crippen LogP contribution in [0.25, 0.3) is 0 Å². The maximum absolute atomic E-state index is 10.6. The molecule has 1 aromatic heterocycles. The SMILES string of the molecule is O=C(O)c1ccc(NCC2(O)CCCCCC2)nn1. The summed E-state index contributed by atoms with van der Waals surface area (Å²) < 4.78 is 0. The first-order valence-electron chi connectivity index (χ1n) is 6.62. The number of hydrogen-bond acceptors (Lipinski definition) is 5. The van der Waals surface area contributed by atoms with Gasteiger partial charge in [-0.15, -0.1) is 10.2 Å². The van der Waals surface area contributed by atoms with E-state index in [-0.39, 0.29) is 5.69 Å². The molecule has 0 bridgehead atoms. The van der Waals surface area contributed by atoms with Crippen LogP contribution in [-0.2, 0) is 0 Å². The van der Waals surface area contributed by atoms with Crippen LogP contribution in [0.5, 0.6) is 0 Å². The number of nitrogens with zero attached hydrogens (tertiary/aromatic N) is 2. The number of anilines is 1. The molecular formula is C13H19N3O3. The van der Waals surface area contributed by atoms with Crippen LogP contribution in [0.2, 0.25) is 0 Å². The number of hydrogen-bond donors (Lipinski definition) is 3. The normalized spacial score (nSPS) is 18.6. The van der Waals surface area contributed by atoms with Gasteiger partial charge in [-0.1, -0.05) is 25.7 Å². The zero-order valence-electron chi connectivity index (χ0n) is 10.8. The number of carboxylic acids is 1. The fourth-order valence-corrected chi connectivity index (χ4v) is 2.36. The van der Waals surface area contributed by atoms with Crippen LogP contribution in [0.3, 0.4) is 0 Å². The summed E-state index contributed by atoms with van der Waals surface area (Å²) in [7, 11) is 0. The van der Waals surface area contributed by atoms with Crippen molar-refractivity contribution >= 4 is 11.8 Å². The summed E-state index contributed by atoms with van der Waals surface area (Å²) in [4.78, 5) is 10.6. The molecule has 0 spiro atoms. The maximum Gasteiger partial charge on any atom is 0.356 e. The van der Waals surface area contributed by atoms with Gasteiger partial charge >= 0.3 is 5.97 Å². The third-order valence-electron chi connectivity index (χ3n) is 3.52. The molecule has 0 unspecified atom stereocenters. The highest BCUT2D eigenvalue weighted by Crippen LogP contribution is 2.27. The van der Waals surface area contributed by atoms with Gasteiger partial charge in [-0.05, 0) is 25.0 Å². The molecule has 104 valence electrons. The van der Waals surface area contributed by atoms with Gasteiger partial charge in [0.25, 0.3) is 0 Å². The van der Waals surface area contributed by atoms with Crippen molar-refractivity contribution in [2.75, 3.05) is 11.9 Å². The van der Waals surface area contributed by atoms with E-state index in [9.17, 15) is 9.90 Å². The van der Waals surface area contributed by atoms with Gasteiger partial charge in [-0.25, -0.2) is 4.79 Å². The lowest BCUT2D eigenvalue weighted by molar-refractivity contribution is 0.0380. The molecule has 1 aliphatic rings. The smallest absolute Gasteiger partial charge is 0.356 e. The number of aromatic nitrogens is 2. The molecule has 6 heteroatoms. The predicted molar refractivity (Wildman–Crippen MR) is 70.1 cm³/mol. The second kappa shape index (κ2) is 5.97. The first-order chi connectivity index (χ1) is 9.09. The molecule has 1 saturated carbocycles. The van der Waals surface area contributed by atoms with Crippen molar-refractivity contribution in [1.29, 1.82) is 0 Å². The fourth-order valence-electron chi connectivity index (χ4n) is 2.36. The Hall–Kier alpha value is -1.69. The van der Waals surface area contributed by atoms with E-state index in [1.54, 1.807) is 6.07 Å². The van der Waals surface area contributed by atoms with Gasteiger partial charge in [-0.3, -0.25) is 0 Å². The Morgan fingerprint density at radius 1 is 1.21 bits per heavy atom. The summed E-state index contributed by atoms with van der Waals surface area (Å²) in [6, 6.07) is 2.96. The van der Waals surface area contributed by atoms with Crippen molar-refractivity contribution in [3.8, 4) is 0 Å². The first-order valence-corrected chi connectivity index (χ1v) is 6.62. The van der Waals surface area contributed by atoms with Gasteiger partial charge in [0.2, 0.25) is 0 Å². The summed E-state index contributed by atoms with van der Waals surface area (Å²) >= 11 is 0. The van der Waals surface area contributed by atoms with E-state index >= 15 is 0 Å². The molecule has 1 heterocycles. The van der Waals surface area contributed by atoms with Crippen LogP contribution < -0.4 is 5.32 Å².